The predicted octanol–water partition coefficient (Wildman–Crippen LogP) is 5.15. The number of aliphatic hydroxyl groups excluding tert-OH is 1. The van der Waals surface area contributed by atoms with Crippen LogP contribution in [0, 0.1) is 5.41 Å². The molecule has 24 heavy (non-hydrogen) atoms. The van der Waals surface area contributed by atoms with Gasteiger partial charge in [0.15, 0.2) is 0 Å². The van der Waals surface area contributed by atoms with Crippen LogP contribution in [0.4, 0.5) is 0 Å². The molecule has 1 fully saturated rings. The number of ether oxygens (including phenoxy) is 1. The lowest BCUT2D eigenvalue weighted by Gasteiger charge is -2.43. The fourth-order valence-electron chi connectivity index (χ4n) is 5.82. The van der Waals surface area contributed by atoms with Crippen LogP contribution in [0.3, 0.4) is 0 Å². The van der Waals surface area contributed by atoms with Gasteiger partial charge < -0.3 is 9.84 Å². The van der Waals surface area contributed by atoms with Crippen LogP contribution in [0.25, 0.3) is 0 Å². The normalized spacial score (nSPS) is 31.5. The Morgan fingerprint density at radius 2 is 2.17 bits per heavy atom. The second-order valence-electron chi connectivity index (χ2n) is 8.07. The van der Waals surface area contributed by atoms with Crippen molar-refractivity contribution in [3.8, 4) is 5.75 Å². The smallest absolute Gasteiger partial charge is 0.122 e. The van der Waals surface area contributed by atoms with Crippen molar-refractivity contribution < 1.29 is 9.84 Å². The molecule has 0 radical (unpaired) electrons. The van der Waals surface area contributed by atoms with Crippen molar-refractivity contribution in [1.82, 2.24) is 0 Å². The van der Waals surface area contributed by atoms with E-state index in [2.05, 4.69) is 25.1 Å². The number of rotatable bonds is 4. The van der Waals surface area contributed by atoms with Gasteiger partial charge in [-0.2, -0.15) is 0 Å². The predicted molar refractivity (Wildman–Crippen MR) is 97.5 cm³/mol. The Kier molecular flexibility index (Phi) is 4.20. The number of unbranched alkanes of at least 4 members (excludes halogenated alkanes) is 1. The number of allylic oxidation sites excluding steroid dienone is 1. The Morgan fingerprint density at radius 3 is 2.96 bits per heavy atom. The van der Waals surface area contributed by atoms with Crippen molar-refractivity contribution in [3.05, 3.63) is 40.5 Å². The van der Waals surface area contributed by atoms with Crippen molar-refractivity contribution in [2.75, 3.05) is 7.11 Å². The minimum absolute atomic E-state index is 0.123. The number of aliphatic hydroxyl groups is 1. The summed E-state index contributed by atoms with van der Waals surface area (Å²) in [4.78, 5) is 0. The van der Waals surface area contributed by atoms with E-state index in [1.54, 1.807) is 18.3 Å². The molecule has 1 aromatic rings. The third kappa shape index (κ3) is 2.42. The highest BCUT2D eigenvalue weighted by Gasteiger charge is 2.48. The fourth-order valence-corrected chi connectivity index (χ4v) is 5.82. The van der Waals surface area contributed by atoms with Crippen molar-refractivity contribution >= 4 is 0 Å². The maximum atomic E-state index is 10.5. The van der Waals surface area contributed by atoms with Crippen LogP contribution in [0.5, 0.6) is 5.75 Å². The first kappa shape index (κ1) is 16.2. The van der Waals surface area contributed by atoms with Gasteiger partial charge in [-0.3, -0.25) is 0 Å². The zero-order chi connectivity index (χ0) is 16.7. The molecule has 3 atom stereocenters. The molecule has 0 aliphatic heterocycles. The largest absolute Gasteiger partial charge is 0.496 e. The van der Waals surface area contributed by atoms with Crippen LogP contribution in [-0.4, -0.2) is 18.3 Å². The molecule has 2 heteroatoms. The zero-order valence-corrected chi connectivity index (χ0v) is 15.1. The average Bonchev–Trinajstić information content (AvgIpc) is 2.95. The minimum atomic E-state index is -0.123. The van der Waals surface area contributed by atoms with Gasteiger partial charge in [-0.1, -0.05) is 43.0 Å². The summed E-state index contributed by atoms with van der Waals surface area (Å²) in [5.74, 6) is 1.59. The molecule has 3 aliphatic rings. The molecule has 4 rings (SSSR count). The second-order valence-corrected chi connectivity index (χ2v) is 8.07. The number of fused-ring (bicyclic) bond motifs is 4. The van der Waals surface area contributed by atoms with E-state index in [9.17, 15) is 5.11 Å². The third-order valence-electron chi connectivity index (χ3n) is 6.82. The summed E-state index contributed by atoms with van der Waals surface area (Å²) in [6.07, 6.45) is 10.4. The standard InChI is InChI=1S/C22H30O2/c1-3-4-11-22-12-10-18-17(19(22)13-16(23)14-22)9-8-15-6-5-7-20(24-2)21(15)18/h5-7,16,18,23H,3-4,8-14H2,1-2H3/t16-,18?,22-/m0/s1. The molecule has 1 unspecified atom stereocenters. The Balaban J connectivity index is 1.79. The van der Waals surface area contributed by atoms with Gasteiger partial charge in [-0.25, -0.2) is 0 Å². The van der Waals surface area contributed by atoms with Crippen LogP contribution in [-0.2, 0) is 6.42 Å². The van der Waals surface area contributed by atoms with Gasteiger partial charge in [0.1, 0.15) is 5.75 Å². The summed E-state index contributed by atoms with van der Waals surface area (Å²) in [6.45, 7) is 2.28. The van der Waals surface area contributed by atoms with E-state index in [1.165, 1.54) is 49.7 Å². The van der Waals surface area contributed by atoms with Crippen LogP contribution in [0.1, 0.15) is 75.3 Å². The number of aryl methyl sites for hydroxylation is 1. The highest BCUT2D eigenvalue weighted by atomic mass is 16.5. The maximum Gasteiger partial charge on any atom is 0.122 e. The molecule has 1 aromatic carbocycles. The van der Waals surface area contributed by atoms with Gasteiger partial charge in [0.2, 0.25) is 0 Å². The minimum Gasteiger partial charge on any atom is -0.496 e. The SMILES string of the molecule is CCCC[C@@]12CCC3C(=C1C[C@H](O)C2)CCc1cccc(OC)c13. The molecule has 0 bridgehead atoms. The molecule has 0 saturated heterocycles. The summed E-state index contributed by atoms with van der Waals surface area (Å²) in [6, 6.07) is 6.53. The first-order valence-electron chi connectivity index (χ1n) is 9.75. The third-order valence-corrected chi connectivity index (χ3v) is 6.82. The average molecular weight is 326 g/mol. The molecule has 0 spiro atoms. The summed E-state index contributed by atoms with van der Waals surface area (Å²) in [5.41, 5.74) is 6.52. The molecule has 1 N–H and O–H groups in total. The molecule has 0 heterocycles. The molecule has 3 aliphatic carbocycles. The number of hydrogen-bond donors (Lipinski definition) is 1. The molecular weight excluding hydrogens is 296 g/mol. The topological polar surface area (TPSA) is 29.5 Å². The summed E-state index contributed by atoms with van der Waals surface area (Å²) >= 11 is 0. The lowest BCUT2D eigenvalue weighted by molar-refractivity contribution is 0.147. The van der Waals surface area contributed by atoms with E-state index in [0.29, 0.717) is 11.3 Å². The van der Waals surface area contributed by atoms with E-state index in [1.807, 2.05) is 0 Å². The summed E-state index contributed by atoms with van der Waals surface area (Å²) < 4.78 is 5.71. The van der Waals surface area contributed by atoms with E-state index < -0.39 is 0 Å². The maximum absolute atomic E-state index is 10.5. The van der Waals surface area contributed by atoms with Gasteiger partial charge >= 0.3 is 0 Å². The van der Waals surface area contributed by atoms with Crippen LogP contribution in [0.2, 0.25) is 0 Å². The van der Waals surface area contributed by atoms with Gasteiger partial charge in [-0.05, 0) is 62.0 Å². The second kappa shape index (κ2) is 6.22. The van der Waals surface area contributed by atoms with Crippen molar-refractivity contribution in [3.63, 3.8) is 0 Å². The molecule has 2 nitrogen and oxygen atoms in total. The molecular formula is C22H30O2. The van der Waals surface area contributed by atoms with E-state index in [4.69, 9.17) is 4.74 Å². The summed E-state index contributed by atoms with van der Waals surface area (Å²) in [5, 5.41) is 10.5. The van der Waals surface area contributed by atoms with Gasteiger partial charge in [-0.15, -0.1) is 0 Å². The molecule has 0 amide bonds. The first-order chi connectivity index (χ1) is 11.7. The van der Waals surface area contributed by atoms with Crippen molar-refractivity contribution in [1.29, 1.82) is 0 Å². The molecule has 130 valence electrons. The Hall–Kier alpha value is -1.28. The lowest BCUT2D eigenvalue weighted by atomic mass is 9.61. The lowest BCUT2D eigenvalue weighted by Crippen LogP contribution is -2.29. The highest BCUT2D eigenvalue weighted by molar-refractivity contribution is 5.52. The van der Waals surface area contributed by atoms with Crippen molar-refractivity contribution in [2.24, 2.45) is 5.41 Å². The Labute approximate surface area is 145 Å². The van der Waals surface area contributed by atoms with E-state index >= 15 is 0 Å². The monoisotopic (exact) mass is 326 g/mol. The number of hydrogen-bond acceptors (Lipinski definition) is 2. The van der Waals surface area contributed by atoms with E-state index in [0.717, 1.165) is 25.0 Å². The van der Waals surface area contributed by atoms with Gasteiger partial charge in [0.05, 0.1) is 13.2 Å². The highest BCUT2D eigenvalue weighted by Crippen LogP contribution is 2.60. The fraction of sp³-hybridized carbons (Fsp3) is 0.636. The van der Waals surface area contributed by atoms with Crippen LogP contribution >= 0.6 is 0 Å². The van der Waals surface area contributed by atoms with Crippen LogP contribution < -0.4 is 4.74 Å². The Bertz CT molecular complexity index is 646. The molecule has 0 aromatic heterocycles. The zero-order valence-electron chi connectivity index (χ0n) is 15.1. The number of benzene rings is 1. The van der Waals surface area contributed by atoms with Gasteiger partial charge in [0, 0.05) is 11.5 Å². The first-order valence-corrected chi connectivity index (χ1v) is 9.75. The van der Waals surface area contributed by atoms with Crippen LogP contribution in [0.15, 0.2) is 29.3 Å². The van der Waals surface area contributed by atoms with Gasteiger partial charge in [0.25, 0.3) is 0 Å². The summed E-state index contributed by atoms with van der Waals surface area (Å²) in [7, 11) is 1.80. The quantitative estimate of drug-likeness (QED) is 0.776. The number of methoxy groups -OCH3 is 1. The van der Waals surface area contributed by atoms with Crippen molar-refractivity contribution in [2.45, 2.75) is 76.7 Å². The Morgan fingerprint density at radius 1 is 1.29 bits per heavy atom. The molecule has 1 saturated carbocycles. The van der Waals surface area contributed by atoms with E-state index in [-0.39, 0.29) is 6.10 Å².